The normalized spacial score (nSPS) is 26.0. The zero-order valence-corrected chi connectivity index (χ0v) is 19.5. The van der Waals surface area contributed by atoms with Crippen LogP contribution in [0.15, 0.2) is 18.3 Å². The summed E-state index contributed by atoms with van der Waals surface area (Å²) in [6.07, 6.45) is 3.65. The molecule has 0 spiro atoms. The summed E-state index contributed by atoms with van der Waals surface area (Å²) in [4.78, 5) is 19.1. The van der Waals surface area contributed by atoms with Gasteiger partial charge in [-0.05, 0) is 18.9 Å². The second-order valence-corrected chi connectivity index (χ2v) is 9.87. The summed E-state index contributed by atoms with van der Waals surface area (Å²) in [5.74, 6) is -2.52. The first-order chi connectivity index (χ1) is 17.2. The van der Waals surface area contributed by atoms with Crippen molar-refractivity contribution in [3.63, 3.8) is 0 Å². The Morgan fingerprint density at radius 2 is 1.92 bits per heavy atom. The molecule has 0 aromatic carbocycles. The maximum atomic E-state index is 14.0. The van der Waals surface area contributed by atoms with Crippen molar-refractivity contribution < 1.29 is 27.0 Å². The van der Waals surface area contributed by atoms with E-state index in [1.54, 1.807) is 6.07 Å². The van der Waals surface area contributed by atoms with Gasteiger partial charge in [0.15, 0.2) is 11.6 Å². The average Bonchev–Trinajstić information content (AvgIpc) is 3.20. The van der Waals surface area contributed by atoms with E-state index in [2.05, 4.69) is 29.5 Å². The van der Waals surface area contributed by atoms with E-state index in [-0.39, 0.29) is 30.5 Å². The van der Waals surface area contributed by atoms with E-state index in [4.69, 9.17) is 10.5 Å². The van der Waals surface area contributed by atoms with E-state index in [0.29, 0.717) is 35.3 Å². The summed E-state index contributed by atoms with van der Waals surface area (Å²) >= 11 is 0. The zero-order valence-electron chi connectivity index (χ0n) is 19.5. The Labute approximate surface area is 205 Å². The summed E-state index contributed by atoms with van der Waals surface area (Å²) in [6, 6.07) is 3.84. The fourth-order valence-electron chi connectivity index (χ4n) is 5.45. The molecule has 9 nitrogen and oxygen atoms in total. The summed E-state index contributed by atoms with van der Waals surface area (Å²) in [5, 5.41) is 0. The molecule has 2 aromatic heterocycles. The van der Waals surface area contributed by atoms with Crippen molar-refractivity contribution in [1.29, 1.82) is 0 Å². The lowest BCUT2D eigenvalue weighted by atomic mass is 9.93. The quantitative estimate of drug-likeness (QED) is 0.590. The Kier molecular flexibility index (Phi) is 5.78. The molecule has 36 heavy (non-hydrogen) atoms. The number of aromatic nitrogens is 3. The maximum absolute atomic E-state index is 14.0. The monoisotopic (exact) mass is 509 g/mol. The molecule has 2 atom stereocenters. The molecule has 13 heteroatoms. The summed E-state index contributed by atoms with van der Waals surface area (Å²) in [6.45, 7) is -0.245. The molecule has 5 fully saturated rings. The van der Waals surface area contributed by atoms with Crippen molar-refractivity contribution in [2.45, 2.75) is 50.0 Å². The number of nitrogens with two attached hydrogens (primary N) is 1. The molecule has 0 radical (unpaired) electrons. The van der Waals surface area contributed by atoms with Crippen molar-refractivity contribution in [3.05, 3.63) is 18.3 Å². The number of anilines is 3. The van der Waals surface area contributed by atoms with Gasteiger partial charge in [-0.1, -0.05) is 0 Å². The SMILES string of the molecule is Nc1ncc(-c2cc(N3CC(N4C[C@@H]5CC[C@H]4CO5)C3)nc(N3CCC(F)(F)C3)n2)cc1OC(F)F. The molecule has 0 aliphatic carbocycles. The van der Waals surface area contributed by atoms with Crippen LogP contribution in [0.2, 0.25) is 0 Å². The number of alkyl halides is 4. The fraction of sp³-hybridized carbons (Fsp3) is 0.609. The highest BCUT2D eigenvalue weighted by molar-refractivity contribution is 5.68. The maximum Gasteiger partial charge on any atom is 0.387 e. The lowest BCUT2D eigenvalue weighted by Crippen LogP contribution is -2.67. The first-order valence-corrected chi connectivity index (χ1v) is 12.1. The first-order valence-electron chi connectivity index (χ1n) is 12.1. The van der Waals surface area contributed by atoms with E-state index in [1.807, 2.05) is 0 Å². The van der Waals surface area contributed by atoms with Gasteiger partial charge in [-0.3, -0.25) is 4.90 Å². The van der Waals surface area contributed by atoms with Crippen molar-refractivity contribution in [2.75, 3.05) is 54.9 Å². The van der Waals surface area contributed by atoms with Gasteiger partial charge in [0.2, 0.25) is 5.95 Å². The third-order valence-corrected chi connectivity index (χ3v) is 7.43. The minimum Gasteiger partial charge on any atom is -0.431 e. The number of pyridine rings is 1. The number of ether oxygens (including phenoxy) is 2. The van der Waals surface area contributed by atoms with Gasteiger partial charge in [-0.25, -0.2) is 18.7 Å². The summed E-state index contributed by atoms with van der Waals surface area (Å²) < 4.78 is 63.8. The highest BCUT2D eigenvalue weighted by atomic mass is 19.3. The van der Waals surface area contributed by atoms with E-state index in [1.165, 1.54) is 17.2 Å². The van der Waals surface area contributed by atoms with Gasteiger partial charge in [0.1, 0.15) is 5.82 Å². The Balaban J connectivity index is 1.28. The van der Waals surface area contributed by atoms with E-state index < -0.39 is 19.1 Å². The van der Waals surface area contributed by atoms with Crippen LogP contribution in [0.3, 0.4) is 0 Å². The van der Waals surface area contributed by atoms with Crippen LogP contribution in [0.4, 0.5) is 35.1 Å². The molecule has 0 unspecified atom stereocenters. The molecular formula is C23H27F4N7O2. The molecule has 7 rings (SSSR count). The number of hydrogen-bond donors (Lipinski definition) is 1. The number of nitrogen functional groups attached to an aromatic ring is 1. The highest BCUT2D eigenvalue weighted by Gasteiger charge is 2.43. The standard InChI is InChI=1S/C23H27F4N7O2/c24-21(25)36-18-5-13(7-29-20(18)28)17-6-19(31-22(30-17)32-4-3-23(26,27)12-32)33-8-15(9-33)34-10-16-2-1-14(34)11-35-16/h5-7,14-16,21H,1-4,8-12H2,(H2,28,29)/t14-,16-/m0/s1. The second kappa shape index (κ2) is 8.87. The second-order valence-electron chi connectivity index (χ2n) is 9.87. The molecule has 5 aliphatic rings. The van der Waals surface area contributed by atoms with Crippen molar-refractivity contribution in [1.82, 2.24) is 19.9 Å². The number of fused-ring (bicyclic) bond motifs is 3. The number of nitrogens with zero attached hydrogens (tertiary/aromatic N) is 6. The van der Waals surface area contributed by atoms with Crippen LogP contribution >= 0.6 is 0 Å². The van der Waals surface area contributed by atoms with Crippen LogP contribution in [-0.2, 0) is 4.74 Å². The third-order valence-electron chi connectivity index (χ3n) is 7.43. The lowest BCUT2D eigenvalue weighted by molar-refractivity contribution is -0.122. The van der Waals surface area contributed by atoms with Crippen molar-refractivity contribution in [3.8, 4) is 17.0 Å². The number of halogens is 4. The Morgan fingerprint density at radius 3 is 2.56 bits per heavy atom. The van der Waals surface area contributed by atoms with Gasteiger partial charge in [0.25, 0.3) is 5.92 Å². The van der Waals surface area contributed by atoms with Gasteiger partial charge >= 0.3 is 6.61 Å². The predicted molar refractivity (Wildman–Crippen MR) is 124 cm³/mol. The molecule has 5 saturated heterocycles. The number of piperidine rings is 1. The van der Waals surface area contributed by atoms with Gasteiger partial charge in [0, 0.05) is 62.5 Å². The first kappa shape index (κ1) is 23.5. The van der Waals surface area contributed by atoms with Gasteiger partial charge in [-0.15, -0.1) is 0 Å². The van der Waals surface area contributed by atoms with Crippen LogP contribution < -0.4 is 20.3 Å². The highest BCUT2D eigenvalue weighted by Crippen LogP contribution is 2.36. The van der Waals surface area contributed by atoms with Crippen LogP contribution in [0.25, 0.3) is 11.3 Å². The average molecular weight is 510 g/mol. The lowest BCUT2D eigenvalue weighted by Gasteiger charge is -2.54. The largest absolute Gasteiger partial charge is 0.431 e. The molecule has 0 amide bonds. The minimum absolute atomic E-state index is 0.120. The number of hydrogen-bond acceptors (Lipinski definition) is 9. The minimum atomic E-state index is -3.07. The Morgan fingerprint density at radius 1 is 1.08 bits per heavy atom. The summed E-state index contributed by atoms with van der Waals surface area (Å²) in [7, 11) is 0. The number of morpholine rings is 1. The van der Waals surface area contributed by atoms with Crippen LogP contribution in [0.5, 0.6) is 5.75 Å². The molecule has 5 aliphatic heterocycles. The van der Waals surface area contributed by atoms with Crippen molar-refractivity contribution in [2.24, 2.45) is 0 Å². The molecule has 2 bridgehead atoms. The molecule has 2 N–H and O–H groups in total. The van der Waals surface area contributed by atoms with E-state index in [0.717, 1.165) is 39.1 Å². The molecule has 0 saturated carbocycles. The zero-order chi connectivity index (χ0) is 25.0. The van der Waals surface area contributed by atoms with Crippen molar-refractivity contribution >= 4 is 17.6 Å². The van der Waals surface area contributed by atoms with Crippen LogP contribution in [-0.4, -0.2) is 89.9 Å². The van der Waals surface area contributed by atoms with Crippen LogP contribution in [0.1, 0.15) is 19.3 Å². The molecule has 2 aromatic rings. The third kappa shape index (κ3) is 4.49. The Bertz CT molecular complexity index is 1130. The van der Waals surface area contributed by atoms with Gasteiger partial charge in [0.05, 0.1) is 24.9 Å². The van der Waals surface area contributed by atoms with Crippen LogP contribution in [0, 0.1) is 0 Å². The van der Waals surface area contributed by atoms with Gasteiger partial charge < -0.3 is 25.0 Å². The van der Waals surface area contributed by atoms with E-state index >= 15 is 0 Å². The predicted octanol–water partition coefficient (Wildman–Crippen LogP) is 2.62. The molecular weight excluding hydrogens is 482 g/mol. The topological polar surface area (TPSA) is 92.9 Å². The molecule has 7 heterocycles. The Hall–Kier alpha value is -2.93. The smallest absolute Gasteiger partial charge is 0.387 e. The van der Waals surface area contributed by atoms with Gasteiger partial charge in [-0.2, -0.15) is 13.8 Å². The fourth-order valence-corrected chi connectivity index (χ4v) is 5.45. The molecule has 194 valence electrons. The summed E-state index contributed by atoms with van der Waals surface area (Å²) in [5.41, 5.74) is 6.42. The van der Waals surface area contributed by atoms with E-state index in [9.17, 15) is 17.6 Å². The number of rotatable bonds is 6.